The van der Waals surface area contributed by atoms with E-state index in [9.17, 15) is 11.0 Å². The van der Waals surface area contributed by atoms with Crippen LogP contribution in [0.4, 0.5) is 0 Å². The van der Waals surface area contributed by atoms with E-state index in [1.807, 2.05) is 224 Å². The average Bonchev–Trinajstić information content (AvgIpc) is 0.891. The van der Waals surface area contributed by atoms with Crippen LogP contribution in [0.25, 0.3) is 198 Å². The molecule has 0 fully saturated rings. The van der Waals surface area contributed by atoms with Gasteiger partial charge in [-0.1, -0.05) is 345 Å². The minimum Gasteiger partial charge on any atom is -0.455 e. The van der Waals surface area contributed by atoms with Crippen LogP contribution < -0.4 is 0 Å². The summed E-state index contributed by atoms with van der Waals surface area (Å²) in [5, 5.41) is 9.83. The van der Waals surface area contributed by atoms with E-state index in [0.29, 0.717) is 44.5 Å². The summed E-state index contributed by atoms with van der Waals surface area (Å²) in [5.41, 5.74) is 13.8. The second-order valence-corrected chi connectivity index (χ2v) is 24.5. The SMILES string of the molecule is [2H]c1c([2H])c([2H])c2c(-c3ccc(-c4cccc5c4oc4ccccc45)cc3)c3c([2H])c([2H])c([2H])c([2H])c3c(-c3ccc(-c4ccc5ccccc5c4)cc3)c2c1[2H].[2H]c1c([2H])c([2H])c2c(-c3ccc(-c4cccc5c4oc4ccccc45)cc3)c3c([2H])c([2H])c([2H])c([2H])c3c(-c3ccc(-c4cccc5ccccc45)cc3)c2c1[2H]. The molecule has 2 nitrogen and oxygen atoms in total. The summed E-state index contributed by atoms with van der Waals surface area (Å²) in [6.07, 6.45) is 0. The van der Waals surface area contributed by atoms with Crippen molar-refractivity contribution in [2.75, 3.05) is 0 Å². The fourth-order valence-corrected chi connectivity index (χ4v) is 14.5. The molecule has 0 radical (unpaired) electrons. The Kier molecular flexibility index (Phi) is 10.2. The van der Waals surface area contributed by atoms with E-state index < -0.39 is 48.3 Å². The van der Waals surface area contributed by atoms with Crippen molar-refractivity contribution in [2.45, 2.75) is 0 Å². The molecule has 0 bridgehead atoms. The van der Waals surface area contributed by atoms with Crippen LogP contribution >= 0.6 is 0 Å². The molecule has 2 heterocycles. The highest BCUT2D eigenvalue weighted by molar-refractivity contribution is 6.23. The first-order valence-electron chi connectivity index (χ1n) is 40.4. The van der Waals surface area contributed by atoms with Gasteiger partial charge >= 0.3 is 0 Å². The molecule has 0 aliphatic rings. The van der Waals surface area contributed by atoms with Crippen molar-refractivity contribution >= 4 is 109 Å². The summed E-state index contributed by atoms with van der Waals surface area (Å²) in [5.74, 6) is 0. The molecule has 0 saturated carbocycles. The first kappa shape index (κ1) is 42.4. The molecule has 0 spiro atoms. The maximum atomic E-state index is 9.32. The molecule has 0 saturated heterocycles. The minimum absolute atomic E-state index is 0.179. The fourth-order valence-electron chi connectivity index (χ4n) is 14.5. The summed E-state index contributed by atoms with van der Waals surface area (Å²) in [6, 6.07) is 80.7. The predicted octanol–water partition coefficient (Wildman–Crippen LogP) is 27.4. The largest absolute Gasteiger partial charge is 0.455 e. The lowest BCUT2D eigenvalue weighted by Gasteiger charge is -2.18. The monoisotopic (exact) mass is 1260 g/mol. The molecule has 18 aromatic carbocycles. The van der Waals surface area contributed by atoms with Crippen molar-refractivity contribution in [1.82, 2.24) is 0 Å². The van der Waals surface area contributed by atoms with Crippen molar-refractivity contribution in [3.05, 3.63) is 364 Å². The van der Waals surface area contributed by atoms with Crippen LogP contribution in [0.1, 0.15) is 21.9 Å². The van der Waals surface area contributed by atoms with Crippen LogP contribution in [0.5, 0.6) is 0 Å². The molecule has 0 aliphatic heterocycles. The highest BCUT2D eigenvalue weighted by Gasteiger charge is 2.21. The Balaban J connectivity index is 0.000000153. The lowest BCUT2D eigenvalue weighted by atomic mass is 9.85. The second kappa shape index (κ2) is 23.5. The van der Waals surface area contributed by atoms with Gasteiger partial charge in [-0.05, 0) is 161 Å². The summed E-state index contributed by atoms with van der Waals surface area (Å²) in [4.78, 5) is 0. The molecular formula is C96H60O2. The van der Waals surface area contributed by atoms with Crippen molar-refractivity contribution < 1.29 is 30.8 Å². The van der Waals surface area contributed by atoms with Gasteiger partial charge in [0, 0.05) is 32.7 Å². The predicted molar refractivity (Wildman–Crippen MR) is 416 cm³/mol. The van der Waals surface area contributed by atoms with Crippen LogP contribution in [0.2, 0.25) is 0 Å². The zero-order chi connectivity index (χ0) is 78.5. The van der Waals surface area contributed by atoms with Gasteiger partial charge in [-0.3, -0.25) is 0 Å². The van der Waals surface area contributed by atoms with Crippen molar-refractivity contribution in [2.24, 2.45) is 0 Å². The third-order valence-corrected chi connectivity index (χ3v) is 19.1. The van der Waals surface area contributed by atoms with Crippen LogP contribution in [-0.4, -0.2) is 0 Å². The van der Waals surface area contributed by atoms with E-state index in [2.05, 4.69) is 42.5 Å². The smallest absolute Gasteiger partial charge is 0.143 e. The summed E-state index contributed by atoms with van der Waals surface area (Å²) in [7, 11) is 0. The molecule has 0 aliphatic carbocycles. The molecule has 98 heavy (non-hydrogen) atoms. The molecule has 0 amide bonds. The highest BCUT2D eigenvalue weighted by Crippen LogP contribution is 2.48. The van der Waals surface area contributed by atoms with Gasteiger partial charge in [0.25, 0.3) is 0 Å². The Bertz CT molecular complexity index is 7350. The van der Waals surface area contributed by atoms with Gasteiger partial charge in [0.2, 0.25) is 0 Å². The standard InChI is InChI=1S/2C48H30O/c1-2-13-36-31(11-1)12-9-19-37(36)32-23-27-34(28-24-32)46-40-15-3-5-17-42(40)47(43-18-6-4-16-41(43)46)35-29-25-33(26-30-35)38-20-10-21-44-39-14-7-8-22-45(39)49-48(38)44;1-2-11-36-30-37(29-22-31(36)10-1)32-20-25-34(26-21-32)46-40-13-3-5-15-42(40)47(43-16-6-4-14-41(43)46)35-27-23-33(24-28-35)38-17-9-18-44-39-12-7-8-19-45(39)49-48(38)44/h2*1-30H/i3D,4D,5D,6D,15D,16D,17D,18D;3D,4D,5D,6D,13D,14D,15D,16D. The van der Waals surface area contributed by atoms with Gasteiger partial charge in [0.1, 0.15) is 22.3 Å². The Morgan fingerprint density at radius 3 is 0.888 bits per heavy atom. The molecule has 456 valence electrons. The summed E-state index contributed by atoms with van der Waals surface area (Å²) in [6.45, 7) is 0. The third-order valence-electron chi connectivity index (χ3n) is 19.1. The number of hydrogen-bond donors (Lipinski definition) is 0. The fraction of sp³-hybridized carbons (Fsp3) is 0. The number of para-hydroxylation sites is 4. The third kappa shape index (κ3) is 9.56. The Hall–Kier alpha value is -12.9. The normalized spacial score (nSPS) is 14.0. The molecule has 0 unspecified atom stereocenters. The van der Waals surface area contributed by atoms with Gasteiger partial charge in [-0.15, -0.1) is 0 Å². The molecule has 0 atom stereocenters. The summed E-state index contributed by atoms with van der Waals surface area (Å²) >= 11 is 0. The number of furan rings is 2. The number of benzene rings is 18. The molecule has 20 aromatic rings. The molecular weight excluding hydrogens is 1190 g/mol. The van der Waals surface area contributed by atoms with E-state index in [1.165, 1.54) is 0 Å². The Morgan fingerprint density at radius 2 is 0.469 bits per heavy atom. The number of fused-ring (bicyclic) bond motifs is 12. The van der Waals surface area contributed by atoms with Crippen molar-refractivity contribution in [3.63, 3.8) is 0 Å². The Morgan fingerprint density at radius 1 is 0.184 bits per heavy atom. The highest BCUT2D eigenvalue weighted by atomic mass is 16.3. The quantitative estimate of drug-likeness (QED) is 0.142. The van der Waals surface area contributed by atoms with Crippen molar-refractivity contribution in [1.29, 1.82) is 0 Å². The molecule has 20 rings (SSSR count). The van der Waals surface area contributed by atoms with Crippen LogP contribution in [-0.2, 0) is 0 Å². The van der Waals surface area contributed by atoms with Crippen LogP contribution in [0.15, 0.2) is 372 Å². The first-order valence-corrected chi connectivity index (χ1v) is 32.4. The number of rotatable bonds is 8. The average molecular weight is 1260 g/mol. The Labute approximate surface area is 589 Å². The van der Waals surface area contributed by atoms with E-state index in [4.69, 9.17) is 19.8 Å². The van der Waals surface area contributed by atoms with Crippen LogP contribution in [0.3, 0.4) is 0 Å². The van der Waals surface area contributed by atoms with E-state index in [0.717, 1.165) is 110 Å². The zero-order valence-electron chi connectivity index (χ0n) is 68.2. The first-order chi connectivity index (χ1) is 55.3. The molecule has 2 aromatic heterocycles. The van der Waals surface area contributed by atoms with E-state index >= 15 is 0 Å². The van der Waals surface area contributed by atoms with Crippen LogP contribution in [0, 0.1) is 0 Å². The second-order valence-electron chi connectivity index (χ2n) is 24.5. The van der Waals surface area contributed by atoms with Gasteiger partial charge < -0.3 is 8.83 Å². The summed E-state index contributed by atoms with van der Waals surface area (Å²) < 4.78 is 157. The van der Waals surface area contributed by atoms with E-state index in [1.54, 1.807) is 0 Å². The number of hydrogen-bond acceptors (Lipinski definition) is 2. The van der Waals surface area contributed by atoms with Gasteiger partial charge in [-0.2, -0.15) is 0 Å². The molecule has 2 heteroatoms. The van der Waals surface area contributed by atoms with Gasteiger partial charge in [-0.25, -0.2) is 0 Å². The lowest BCUT2D eigenvalue weighted by Crippen LogP contribution is -1.91. The lowest BCUT2D eigenvalue weighted by molar-refractivity contribution is 0.669. The van der Waals surface area contributed by atoms with Gasteiger partial charge in [0.05, 0.1) is 21.9 Å². The van der Waals surface area contributed by atoms with Gasteiger partial charge in [0.15, 0.2) is 0 Å². The minimum atomic E-state index is -0.431. The van der Waals surface area contributed by atoms with E-state index in [-0.39, 0.29) is 91.4 Å². The maximum absolute atomic E-state index is 9.32. The van der Waals surface area contributed by atoms with Crippen molar-refractivity contribution in [3.8, 4) is 89.0 Å². The topological polar surface area (TPSA) is 26.3 Å². The molecule has 0 N–H and O–H groups in total. The zero-order valence-corrected chi connectivity index (χ0v) is 52.2. The maximum Gasteiger partial charge on any atom is 0.143 e.